The summed E-state index contributed by atoms with van der Waals surface area (Å²) < 4.78 is 4.77. The van der Waals surface area contributed by atoms with E-state index in [-0.39, 0.29) is 0 Å². The summed E-state index contributed by atoms with van der Waals surface area (Å²) in [5.41, 5.74) is 8.46. The van der Waals surface area contributed by atoms with Crippen molar-refractivity contribution in [3.05, 3.63) is 18.2 Å². The van der Waals surface area contributed by atoms with E-state index in [4.69, 9.17) is 10.4 Å². The number of fused-ring (bicyclic) bond motifs is 1. The molecular weight excluding hydrogens is 204 g/mol. The van der Waals surface area contributed by atoms with Gasteiger partial charge in [-0.2, -0.15) is 0 Å². The molecule has 1 aromatic heterocycles. The Bertz CT molecular complexity index is 495. The molecule has 1 fully saturated rings. The highest BCUT2D eigenvalue weighted by Gasteiger charge is 2.23. The molecule has 1 aliphatic rings. The van der Waals surface area contributed by atoms with Crippen molar-refractivity contribution < 1.29 is 4.63 Å². The van der Waals surface area contributed by atoms with Crippen LogP contribution in [0.25, 0.3) is 11.0 Å². The molecule has 84 valence electrons. The lowest BCUT2D eigenvalue weighted by molar-refractivity contribution is 0.315. The van der Waals surface area contributed by atoms with Gasteiger partial charge in [-0.05, 0) is 41.3 Å². The molecule has 1 aliphatic heterocycles. The minimum atomic E-state index is 0.593. The molecule has 0 amide bonds. The molecule has 0 spiro atoms. The van der Waals surface area contributed by atoms with Crippen LogP contribution in [0, 0.1) is 5.92 Å². The predicted octanol–water partition coefficient (Wildman–Crippen LogP) is 1.01. The van der Waals surface area contributed by atoms with Crippen LogP contribution in [0.4, 0.5) is 5.69 Å². The SMILES string of the molecule is NCC1CCN(c2cccc3nonc23)C1. The molecule has 1 unspecified atom stereocenters. The van der Waals surface area contributed by atoms with Crippen molar-refractivity contribution in [1.82, 2.24) is 10.3 Å². The molecule has 2 aromatic rings. The Labute approximate surface area is 93.2 Å². The van der Waals surface area contributed by atoms with Crippen LogP contribution in [-0.2, 0) is 0 Å². The zero-order chi connectivity index (χ0) is 11.0. The Hall–Kier alpha value is -1.62. The molecule has 3 rings (SSSR count). The number of rotatable bonds is 2. The highest BCUT2D eigenvalue weighted by Crippen LogP contribution is 2.28. The van der Waals surface area contributed by atoms with Crippen molar-refractivity contribution in [2.24, 2.45) is 11.7 Å². The standard InChI is InChI=1S/C11H14N4O/c12-6-8-4-5-15(7-8)10-3-1-2-9-11(10)14-16-13-9/h1-3,8H,4-7,12H2. The van der Waals surface area contributed by atoms with Gasteiger partial charge in [-0.15, -0.1) is 0 Å². The third-order valence-corrected chi connectivity index (χ3v) is 3.22. The van der Waals surface area contributed by atoms with Gasteiger partial charge < -0.3 is 10.6 Å². The van der Waals surface area contributed by atoms with Crippen molar-refractivity contribution in [2.75, 3.05) is 24.5 Å². The van der Waals surface area contributed by atoms with Gasteiger partial charge in [0.1, 0.15) is 5.52 Å². The lowest BCUT2D eigenvalue weighted by atomic mass is 10.1. The lowest BCUT2D eigenvalue weighted by Gasteiger charge is -2.18. The maximum atomic E-state index is 5.69. The largest absolute Gasteiger partial charge is 0.369 e. The maximum absolute atomic E-state index is 5.69. The molecular formula is C11H14N4O. The first-order valence-corrected chi connectivity index (χ1v) is 5.55. The number of anilines is 1. The third kappa shape index (κ3) is 1.44. The molecule has 0 saturated carbocycles. The minimum absolute atomic E-state index is 0.593. The molecule has 0 aliphatic carbocycles. The van der Waals surface area contributed by atoms with Gasteiger partial charge in [-0.3, -0.25) is 0 Å². The zero-order valence-corrected chi connectivity index (χ0v) is 8.97. The van der Waals surface area contributed by atoms with Crippen molar-refractivity contribution in [3.63, 3.8) is 0 Å². The average molecular weight is 218 g/mol. The van der Waals surface area contributed by atoms with E-state index in [1.54, 1.807) is 0 Å². The second-order valence-electron chi connectivity index (χ2n) is 4.25. The first kappa shape index (κ1) is 9.59. The van der Waals surface area contributed by atoms with Gasteiger partial charge >= 0.3 is 0 Å². The number of nitrogens with two attached hydrogens (primary N) is 1. The first-order valence-electron chi connectivity index (χ1n) is 5.55. The van der Waals surface area contributed by atoms with Gasteiger partial charge in [0, 0.05) is 13.1 Å². The monoisotopic (exact) mass is 218 g/mol. The van der Waals surface area contributed by atoms with Crippen molar-refractivity contribution >= 4 is 16.7 Å². The van der Waals surface area contributed by atoms with Gasteiger partial charge in [0.2, 0.25) is 0 Å². The Balaban J connectivity index is 1.97. The van der Waals surface area contributed by atoms with E-state index in [2.05, 4.69) is 21.3 Å². The number of hydrogen-bond donors (Lipinski definition) is 1. The van der Waals surface area contributed by atoms with Crippen molar-refractivity contribution in [2.45, 2.75) is 6.42 Å². The van der Waals surface area contributed by atoms with E-state index in [0.29, 0.717) is 5.92 Å². The fraction of sp³-hybridized carbons (Fsp3) is 0.455. The molecule has 2 heterocycles. The molecule has 2 N–H and O–H groups in total. The van der Waals surface area contributed by atoms with Gasteiger partial charge in [0.15, 0.2) is 5.52 Å². The van der Waals surface area contributed by atoms with Crippen molar-refractivity contribution in [1.29, 1.82) is 0 Å². The molecule has 0 bridgehead atoms. The van der Waals surface area contributed by atoms with Crippen LogP contribution in [-0.4, -0.2) is 29.9 Å². The van der Waals surface area contributed by atoms with Crippen LogP contribution in [0.2, 0.25) is 0 Å². The van der Waals surface area contributed by atoms with E-state index in [1.807, 2.05) is 12.1 Å². The fourth-order valence-electron chi connectivity index (χ4n) is 2.29. The minimum Gasteiger partial charge on any atom is -0.369 e. The molecule has 1 saturated heterocycles. The maximum Gasteiger partial charge on any atom is 0.158 e. The number of aromatic nitrogens is 2. The van der Waals surface area contributed by atoms with Crippen LogP contribution in [0.3, 0.4) is 0 Å². The van der Waals surface area contributed by atoms with Crippen LogP contribution in [0.5, 0.6) is 0 Å². The Morgan fingerprint density at radius 2 is 2.38 bits per heavy atom. The van der Waals surface area contributed by atoms with Crippen molar-refractivity contribution in [3.8, 4) is 0 Å². The summed E-state index contributed by atoms with van der Waals surface area (Å²) in [7, 11) is 0. The molecule has 5 nitrogen and oxygen atoms in total. The molecule has 1 atom stereocenters. The fourth-order valence-corrected chi connectivity index (χ4v) is 2.29. The van der Waals surface area contributed by atoms with Crippen LogP contribution >= 0.6 is 0 Å². The first-order chi connectivity index (χ1) is 7.88. The number of benzene rings is 1. The summed E-state index contributed by atoms with van der Waals surface area (Å²) >= 11 is 0. The topological polar surface area (TPSA) is 68.2 Å². The second kappa shape index (κ2) is 3.75. The lowest BCUT2D eigenvalue weighted by Crippen LogP contribution is -2.22. The van der Waals surface area contributed by atoms with E-state index < -0.39 is 0 Å². The highest BCUT2D eigenvalue weighted by molar-refractivity contribution is 5.87. The van der Waals surface area contributed by atoms with Gasteiger partial charge in [0.25, 0.3) is 0 Å². The van der Waals surface area contributed by atoms with Crippen LogP contribution in [0.15, 0.2) is 22.8 Å². The summed E-state index contributed by atoms with van der Waals surface area (Å²) in [6.45, 7) is 2.79. The Kier molecular flexibility index (Phi) is 2.25. The summed E-state index contributed by atoms with van der Waals surface area (Å²) in [6.07, 6.45) is 1.15. The average Bonchev–Trinajstić information content (AvgIpc) is 2.97. The Morgan fingerprint density at radius 1 is 1.44 bits per heavy atom. The summed E-state index contributed by atoms with van der Waals surface area (Å²) in [5, 5.41) is 7.81. The summed E-state index contributed by atoms with van der Waals surface area (Å²) in [5.74, 6) is 0.593. The second-order valence-corrected chi connectivity index (χ2v) is 4.25. The van der Waals surface area contributed by atoms with Gasteiger partial charge in [-0.1, -0.05) is 6.07 Å². The van der Waals surface area contributed by atoms with E-state index in [9.17, 15) is 0 Å². The van der Waals surface area contributed by atoms with E-state index >= 15 is 0 Å². The number of nitrogens with zero attached hydrogens (tertiary/aromatic N) is 3. The smallest absolute Gasteiger partial charge is 0.158 e. The molecule has 5 heteroatoms. The third-order valence-electron chi connectivity index (χ3n) is 3.22. The number of hydrogen-bond acceptors (Lipinski definition) is 5. The van der Waals surface area contributed by atoms with E-state index in [0.717, 1.165) is 42.8 Å². The van der Waals surface area contributed by atoms with Gasteiger partial charge in [-0.25, -0.2) is 4.63 Å². The van der Waals surface area contributed by atoms with Crippen LogP contribution in [0.1, 0.15) is 6.42 Å². The van der Waals surface area contributed by atoms with Crippen LogP contribution < -0.4 is 10.6 Å². The summed E-state index contributed by atoms with van der Waals surface area (Å²) in [6, 6.07) is 5.95. The van der Waals surface area contributed by atoms with Gasteiger partial charge in [0.05, 0.1) is 5.69 Å². The Morgan fingerprint density at radius 3 is 3.19 bits per heavy atom. The normalized spacial score (nSPS) is 20.8. The predicted molar refractivity (Wildman–Crippen MR) is 61.2 cm³/mol. The summed E-state index contributed by atoms with van der Waals surface area (Å²) in [4.78, 5) is 2.31. The van der Waals surface area contributed by atoms with E-state index in [1.165, 1.54) is 0 Å². The highest BCUT2D eigenvalue weighted by atomic mass is 16.6. The molecule has 16 heavy (non-hydrogen) atoms. The quantitative estimate of drug-likeness (QED) is 0.814. The zero-order valence-electron chi connectivity index (χ0n) is 8.97. The molecule has 0 radical (unpaired) electrons. The molecule has 1 aromatic carbocycles.